The van der Waals surface area contributed by atoms with E-state index in [4.69, 9.17) is 4.74 Å². The second-order valence-corrected chi connectivity index (χ2v) is 3.30. The molecular formula is C12H13FO4. The van der Waals surface area contributed by atoms with Gasteiger partial charge in [0.15, 0.2) is 0 Å². The lowest BCUT2D eigenvalue weighted by atomic mass is 10.0. The van der Waals surface area contributed by atoms with Gasteiger partial charge in [-0.3, -0.25) is 4.79 Å². The maximum atomic E-state index is 13.5. The van der Waals surface area contributed by atoms with Crippen LogP contribution >= 0.6 is 0 Å². The minimum atomic E-state index is -1.07. The Kier molecular flexibility index (Phi) is 4.20. The van der Waals surface area contributed by atoms with Gasteiger partial charge in [-0.05, 0) is 26.0 Å². The van der Waals surface area contributed by atoms with Crippen LogP contribution in [0.15, 0.2) is 12.1 Å². The number of hydrogen-bond acceptors (Lipinski definition) is 4. The smallest absolute Gasteiger partial charge is 0.379 e. The van der Waals surface area contributed by atoms with Gasteiger partial charge in [-0.1, -0.05) is 0 Å². The molecule has 4 nitrogen and oxygen atoms in total. The van der Waals surface area contributed by atoms with Gasteiger partial charge in [0.05, 0.1) is 19.3 Å². The first-order valence-corrected chi connectivity index (χ1v) is 5.07. The Labute approximate surface area is 98.3 Å². The Morgan fingerprint density at radius 2 is 2.00 bits per heavy atom. The number of carbonyl (C=O) groups is 2. The number of hydrogen-bond donors (Lipinski definition) is 0. The van der Waals surface area contributed by atoms with Crippen molar-refractivity contribution in [3.63, 3.8) is 0 Å². The first-order chi connectivity index (χ1) is 8.02. The predicted octanol–water partition coefficient (Wildman–Crippen LogP) is 1.89. The molecule has 0 bridgehead atoms. The number of ether oxygens (including phenoxy) is 2. The van der Waals surface area contributed by atoms with Gasteiger partial charge in [-0.15, -0.1) is 0 Å². The van der Waals surface area contributed by atoms with E-state index in [9.17, 15) is 14.0 Å². The summed E-state index contributed by atoms with van der Waals surface area (Å²) in [7, 11) is 1.40. The molecule has 0 radical (unpaired) electrons. The van der Waals surface area contributed by atoms with Crippen LogP contribution in [0.3, 0.4) is 0 Å². The molecule has 0 saturated carbocycles. The van der Waals surface area contributed by atoms with Gasteiger partial charge in [-0.2, -0.15) is 0 Å². The number of esters is 1. The molecule has 0 atom stereocenters. The fourth-order valence-corrected chi connectivity index (χ4v) is 1.46. The number of ketones is 1. The molecule has 1 aromatic rings. The van der Waals surface area contributed by atoms with Crippen molar-refractivity contribution in [3.8, 4) is 5.75 Å². The Bertz CT molecular complexity index is 454. The van der Waals surface area contributed by atoms with Crippen LogP contribution in [-0.4, -0.2) is 25.5 Å². The van der Waals surface area contributed by atoms with Crippen LogP contribution in [0.5, 0.6) is 5.75 Å². The van der Waals surface area contributed by atoms with E-state index in [0.717, 1.165) is 6.07 Å². The zero-order valence-electron chi connectivity index (χ0n) is 9.87. The Balaban J connectivity index is 3.21. The molecule has 0 heterocycles. The third kappa shape index (κ3) is 2.61. The van der Waals surface area contributed by atoms with Crippen LogP contribution < -0.4 is 4.74 Å². The van der Waals surface area contributed by atoms with E-state index in [1.807, 2.05) is 0 Å². The first-order valence-electron chi connectivity index (χ1n) is 5.07. The molecule has 92 valence electrons. The summed E-state index contributed by atoms with van der Waals surface area (Å²) in [5.41, 5.74) is -0.0200. The van der Waals surface area contributed by atoms with Gasteiger partial charge >= 0.3 is 5.97 Å². The van der Waals surface area contributed by atoms with Gasteiger partial charge in [-0.25, -0.2) is 9.18 Å². The summed E-state index contributed by atoms with van der Waals surface area (Å²) in [4.78, 5) is 22.9. The number of benzene rings is 1. The number of methoxy groups -OCH3 is 1. The lowest BCUT2D eigenvalue weighted by Gasteiger charge is -2.09. The van der Waals surface area contributed by atoms with Gasteiger partial charge in [0.25, 0.3) is 5.78 Å². The van der Waals surface area contributed by atoms with Crippen LogP contribution in [0.1, 0.15) is 22.8 Å². The molecule has 0 aliphatic rings. The minimum absolute atomic E-state index is 0.0647. The lowest BCUT2D eigenvalue weighted by Crippen LogP contribution is -2.20. The number of rotatable bonds is 4. The standard InChI is InChI=1S/C12H13FO4/c1-4-17-12(15)11(14)10-7(2)9(16-3)6-5-8(10)13/h5-6H,4H2,1-3H3. The highest BCUT2D eigenvalue weighted by Gasteiger charge is 2.24. The molecule has 0 saturated heterocycles. The summed E-state index contributed by atoms with van der Waals surface area (Å²) in [5, 5.41) is 0. The van der Waals surface area contributed by atoms with E-state index in [-0.39, 0.29) is 17.7 Å². The van der Waals surface area contributed by atoms with Crippen molar-refractivity contribution in [2.24, 2.45) is 0 Å². The number of Topliss-reactive ketones (excluding diaryl/α,β-unsaturated/α-hetero) is 1. The normalized spacial score (nSPS) is 9.88. The summed E-state index contributed by atoms with van der Waals surface area (Å²) >= 11 is 0. The monoisotopic (exact) mass is 240 g/mol. The maximum Gasteiger partial charge on any atom is 0.379 e. The first kappa shape index (κ1) is 13.2. The van der Waals surface area contributed by atoms with Crippen LogP contribution in [0, 0.1) is 12.7 Å². The second-order valence-electron chi connectivity index (χ2n) is 3.30. The third-order valence-electron chi connectivity index (χ3n) is 2.27. The highest BCUT2D eigenvalue weighted by molar-refractivity contribution is 6.41. The van der Waals surface area contributed by atoms with Crippen molar-refractivity contribution in [3.05, 3.63) is 29.1 Å². The SMILES string of the molecule is CCOC(=O)C(=O)c1c(F)ccc(OC)c1C. The van der Waals surface area contributed by atoms with Crippen molar-refractivity contribution in [2.45, 2.75) is 13.8 Å². The van der Waals surface area contributed by atoms with Crippen molar-refractivity contribution < 1.29 is 23.5 Å². The van der Waals surface area contributed by atoms with E-state index in [1.165, 1.54) is 20.1 Å². The Morgan fingerprint density at radius 1 is 1.35 bits per heavy atom. The molecule has 5 heteroatoms. The molecule has 0 unspecified atom stereocenters. The molecular weight excluding hydrogens is 227 g/mol. The van der Waals surface area contributed by atoms with E-state index >= 15 is 0 Å². The molecule has 0 aliphatic carbocycles. The topological polar surface area (TPSA) is 52.6 Å². The molecule has 0 N–H and O–H groups in total. The second kappa shape index (κ2) is 5.43. The Hall–Kier alpha value is -1.91. The van der Waals surface area contributed by atoms with E-state index in [1.54, 1.807) is 6.92 Å². The molecule has 1 rings (SSSR count). The van der Waals surface area contributed by atoms with Crippen LogP contribution in [-0.2, 0) is 9.53 Å². The molecule has 0 amide bonds. The summed E-state index contributed by atoms with van der Waals surface area (Å²) < 4.78 is 23.0. The van der Waals surface area contributed by atoms with Crippen LogP contribution in [0.4, 0.5) is 4.39 Å². The van der Waals surface area contributed by atoms with E-state index < -0.39 is 17.6 Å². The number of halogens is 1. The van der Waals surface area contributed by atoms with Gasteiger partial charge in [0, 0.05) is 5.56 Å². The molecule has 0 aliphatic heterocycles. The zero-order chi connectivity index (χ0) is 13.0. The quantitative estimate of drug-likeness (QED) is 0.458. The number of carbonyl (C=O) groups excluding carboxylic acids is 2. The zero-order valence-corrected chi connectivity index (χ0v) is 9.87. The van der Waals surface area contributed by atoms with E-state index in [0.29, 0.717) is 5.75 Å². The minimum Gasteiger partial charge on any atom is -0.496 e. The van der Waals surface area contributed by atoms with Gasteiger partial charge < -0.3 is 9.47 Å². The van der Waals surface area contributed by atoms with Gasteiger partial charge in [0.2, 0.25) is 0 Å². The van der Waals surface area contributed by atoms with Crippen molar-refractivity contribution in [1.82, 2.24) is 0 Å². The van der Waals surface area contributed by atoms with Crippen molar-refractivity contribution in [1.29, 1.82) is 0 Å². The van der Waals surface area contributed by atoms with Crippen LogP contribution in [0.2, 0.25) is 0 Å². The molecule has 0 fully saturated rings. The average Bonchev–Trinajstić information content (AvgIpc) is 2.29. The molecule has 0 aromatic heterocycles. The van der Waals surface area contributed by atoms with Crippen molar-refractivity contribution >= 4 is 11.8 Å². The van der Waals surface area contributed by atoms with Crippen LogP contribution in [0.25, 0.3) is 0 Å². The lowest BCUT2D eigenvalue weighted by molar-refractivity contribution is -0.137. The molecule has 1 aromatic carbocycles. The van der Waals surface area contributed by atoms with E-state index in [2.05, 4.69) is 4.74 Å². The molecule has 0 spiro atoms. The summed E-state index contributed by atoms with van der Waals surface area (Å²) in [6, 6.07) is 2.48. The highest BCUT2D eigenvalue weighted by Crippen LogP contribution is 2.24. The third-order valence-corrected chi connectivity index (χ3v) is 2.27. The Morgan fingerprint density at radius 3 is 2.53 bits per heavy atom. The molecule has 17 heavy (non-hydrogen) atoms. The predicted molar refractivity (Wildman–Crippen MR) is 58.7 cm³/mol. The largest absolute Gasteiger partial charge is 0.496 e. The fourth-order valence-electron chi connectivity index (χ4n) is 1.46. The highest BCUT2D eigenvalue weighted by atomic mass is 19.1. The summed E-state index contributed by atoms with van der Waals surface area (Å²) in [6.07, 6.45) is 0. The van der Waals surface area contributed by atoms with Gasteiger partial charge in [0.1, 0.15) is 11.6 Å². The maximum absolute atomic E-state index is 13.5. The average molecular weight is 240 g/mol. The summed E-state index contributed by atoms with van der Waals surface area (Å²) in [6.45, 7) is 3.14. The fraction of sp³-hybridized carbons (Fsp3) is 0.333. The van der Waals surface area contributed by atoms with Crippen molar-refractivity contribution in [2.75, 3.05) is 13.7 Å². The summed E-state index contributed by atoms with van der Waals surface area (Å²) in [5.74, 6) is -2.48.